The van der Waals surface area contributed by atoms with Gasteiger partial charge in [-0.1, -0.05) is 24.3 Å². The van der Waals surface area contributed by atoms with Gasteiger partial charge in [-0.3, -0.25) is 4.99 Å². The highest BCUT2D eigenvalue weighted by atomic mass is 35.5. The van der Waals surface area contributed by atoms with Gasteiger partial charge >= 0.3 is 5.97 Å². The van der Waals surface area contributed by atoms with Crippen LogP contribution < -0.4 is 0 Å². The first-order chi connectivity index (χ1) is 10.0. The lowest BCUT2D eigenvalue weighted by Gasteiger charge is -2.07. The quantitative estimate of drug-likeness (QED) is 0.874. The molecule has 1 heterocycles. The molecule has 0 radical (unpaired) electrons. The van der Waals surface area contributed by atoms with E-state index in [4.69, 9.17) is 16.7 Å². The van der Waals surface area contributed by atoms with E-state index in [1.54, 1.807) is 24.4 Å². The normalized spacial score (nSPS) is 10.8. The molecule has 0 aliphatic rings. The van der Waals surface area contributed by atoms with Crippen molar-refractivity contribution in [1.29, 1.82) is 0 Å². The molecule has 0 aliphatic heterocycles. The van der Waals surface area contributed by atoms with Gasteiger partial charge in [0.25, 0.3) is 0 Å². The van der Waals surface area contributed by atoms with Crippen LogP contribution in [0.1, 0.15) is 16.1 Å². The smallest absolute Gasteiger partial charge is 0.354 e. The van der Waals surface area contributed by atoms with E-state index >= 15 is 0 Å². The van der Waals surface area contributed by atoms with Crippen LogP contribution in [0.2, 0.25) is 5.02 Å². The first-order valence-electron chi connectivity index (χ1n) is 6.04. The Morgan fingerprint density at radius 3 is 2.81 bits per heavy atom. The fraction of sp³-hybridized carbons (Fsp3) is 0.0667. The third-order valence-electron chi connectivity index (χ3n) is 2.82. The highest BCUT2D eigenvalue weighted by Crippen LogP contribution is 2.32. The van der Waals surface area contributed by atoms with Gasteiger partial charge in [0.15, 0.2) is 5.69 Å². The number of carboxylic acids is 1. The monoisotopic (exact) mass is 301 g/mol. The van der Waals surface area contributed by atoms with Crippen molar-refractivity contribution in [1.82, 2.24) is 9.97 Å². The van der Waals surface area contributed by atoms with Crippen LogP contribution in [-0.2, 0) is 0 Å². The van der Waals surface area contributed by atoms with E-state index in [0.29, 0.717) is 22.0 Å². The number of benzene rings is 1. The molecule has 106 valence electrons. The average molecular weight is 302 g/mol. The molecule has 0 atom stereocenters. The van der Waals surface area contributed by atoms with Crippen LogP contribution in [0.3, 0.4) is 0 Å². The molecule has 0 saturated heterocycles. The number of halogens is 1. The second kappa shape index (κ2) is 6.28. The maximum Gasteiger partial charge on any atom is 0.354 e. The fourth-order valence-electron chi connectivity index (χ4n) is 1.71. The van der Waals surface area contributed by atoms with Crippen LogP contribution in [0.25, 0.3) is 11.3 Å². The molecule has 0 saturated carbocycles. The predicted octanol–water partition coefficient (Wildman–Crippen LogP) is 3.69. The Labute approximate surface area is 126 Å². The summed E-state index contributed by atoms with van der Waals surface area (Å²) in [6, 6.07) is 4.90. The van der Waals surface area contributed by atoms with Crippen LogP contribution >= 0.6 is 11.6 Å². The Bertz CT molecular complexity index is 742. The topological polar surface area (TPSA) is 75.4 Å². The van der Waals surface area contributed by atoms with Gasteiger partial charge in [0.05, 0.1) is 11.4 Å². The summed E-state index contributed by atoms with van der Waals surface area (Å²) in [6.07, 6.45) is 4.33. The molecule has 1 aromatic heterocycles. The summed E-state index contributed by atoms with van der Waals surface area (Å²) in [4.78, 5) is 23.0. The van der Waals surface area contributed by atoms with Crippen molar-refractivity contribution in [2.75, 3.05) is 0 Å². The lowest BCUT2D eigenvalue weighted by Crippen LogP contribution is -2.01. The van der Waals surface area contributed by atoms with Crippen LogP contribution in [0, 0.1) is 6.92 Å². The van der Waals surface area contributed by atoms with Gasteiger partial charge in [0, 0.05) is 16.8 Å². The van der Waals surface area contributed by atoms with E-state index in [2.05, 4.69) is 21.5 Å². The van der Waals surface area contributed by atoms with Crippen molar-refractivity contribution in [2.45, 2.75) is 6.92 Å². The molecule has 2 rings (SSSR count). The van der Waals surface area contributed by atoms with E-state index in [1.807, 2.05) is 6.92 Å². The van der Waals surface area contributed by atoms with E-state index < -0.39 is 5.97 Å². The number of allylic oxidation sites excluding steroid dienone is 1. The number of carbonyl (C=O) groups is 1. The summed E-state index contributed by atoms with van der Waals surface area (Å²) in [5.74, 6) is -1.11. The molecule has 0 fully saturated rings. The van der Waals surface area contributed by atoms with Crippen LogP contribution in [0.15, 0.2) is 42.2 Å². The Morgan fingerprint density at radius 1 is 1.38 bits per heavy atom. The maximum absolute atomic E-state index is 11.0. The molecule has 0 spiro atoms. The second-order valence-electron chi connectivity index (χ2n) is 4.21. The second-order valence-corrected chi connectivity index (χ2v) is 4.62. The number of aromatic carboxylic acids is 1. The minimum absolute atomic E-state index is 0.0761. The number of aromatic nitrogens is 2. The van der Waals surface area contributed by atoms with Crippen LogP contribution in [0.4, 0.5) is 5.69 Å². The molecule has 21 heavy (non-hydrogen) atoms. The fourth-order valence-corrected chi connectivity index (χ4v) is 1.93. The highest BCUT2D eigenvalue weighted by Gasteiger charge is 2.11. The van der Waals surface area contributed by atoms with Crippen molar-refractivity contribution in [3.05, 3.63) is 53.5 Å². The molecule has 0 bridgehead atoms. The summed E-state index contributed by atoms with van der Waals surface area (Å²) in [7, 11) is 0. The highest BCUT2D eigenvalue weighted by molar-refractivity contribution is 6.32. The maximum atomic E-state index is 11.0. The number of hydrogen-bond donors (Lipinski definition) is 1. The lowest BCUT2D eigenvalue weighted by atomic mass is 10.1. The minimum Gasteiger partial charge on any atom is -0.477 e. The molecule has 6 heteroatoms. The Morgan fingerprint density at radius 2 is 2.14 bits per heavy atom. The Kier molecular flexibility index (Phi) is 4.45. The van der Waals surface area contributed by atoms with E-state index in [0.717, 1.165) is 5.56 Å². The van der Waals surface area contributed by atoms with Crippen molar-refractivity contribution in [3.63, 3.8) is 0 Å². The number of hydrogen-bond acceptors (Lipinski definition) is 4. The van der Waals surface area contributed by atoms with E-state index in [9.17, 15) is 4.79 Å². The first-order valence-corrected chi connectivity index (χ1v) is 6.41. The van der Waals surface area contributed by atoms with Crippen LogP contribution in [-0.4, -0.2) is 27.3 Å². The molecule has 2 aromatic rings. The van der Waals surface area contributed by atoms with Crippen molar-refractivity contribution in [2.24, 2.45) is 4.99 Å². The number of rotatable bonds is 4. The zero-order chi connectivity index (χ0) is 15.4. The molecule has 0 unspecified atom stereocenters. The lowest BCUT2D eigenvalue weighted by molar-refractivity contribution is 0.0690. The third kappa shape index (κ3) is 3.32. The number of nitrogens with zero attached hydrogens (tertiary/aromatic N) is 3. The van der Waals surface area contributed by atoms with E-state index in [1.165, 1.54) is 12.4 Å². The molecule has 0 amide bonds. The molecule has 1 aromatic carbocycles. The number of carboxylic acid groups (broad SMARTS) is 1. The minimum atomic E-state index is -1.11. The van der Waals surface area contributed by atoms with Gasteiger partial charge < -0.3 is 5.11 Å². The third-order valence-corrected chi connectivity index (χ3v) is 3.21. The van der Waals surface area contributed by atoms with Gasteiger partial charge in [-0.25, -0.2) is 14.8 Å². The van der Waals surface area contributed by atoms with Gasteiger partial charge in [-0.05, 0) is 30.7 Å². The Balaban J connectivity index is 2.56. The zero-order valence-electron chi connectivity index (χ0n) is 11.2. The summed E-state index contributed by atoms with van der Waals surface area (Å²) >= 11 is 6.19. The first kappa shape index (κ1) is 14.9. The molecular weight excluding hydrogens is 290 g/mol. The van der Waals surface area contributed by atoms with Crippen LogP contribution in [0.5, 0.6) is 0 Å². The van der Waals surface area contributed by atoms with Crippen molar-refractivity contribution < 1.29 is 9.90 Å². The summed E-state index contributed by atoms with van der Waals surface area (Å²) in [6.45, 7) is 5.42. The van der Waals surface area contributed by atoms with Gasteiger partial charge in [0.1, 0.15) is 6.33 Å². The van der Waals surface area contributed by atoms with Gasteiger partial charge in [0.2, 0.25) is 0 Å². The number of aliphatic imine (C=N–C) groups is 1. The zero-order valence-corrected chi connectivity index (χ0v) is 12.0. The Hall–Kier alpha value is -2.53. The van der Waals surface area contributed by atoms with Gasteiger partial charge in [-0.15, -0.1) is 0 Å². The van der Waals surface area contributed by atoms with E-state index in [-0.39, 0.29) is 5.69 Å². The summed E-state index contributed by atoms with van der Waals surface area (Å²) < 4.78 is 0. The molecule has 1 N–H and O–H groups in total. The van der Waals surface area contributed by atoms with Crippen molar-refractivity contribution >= 4 is 29.5 Å². The standard InChI is InChI=1S/C15H12ClN3O2/c1-3-4-17-12-6-10(5-11(16)9(12)2)13-7-14(15(20)21)19-8-18-13/h3-8H,1H2,2H3,(H,20,21). The van der Waals surface area contributed by atoms with Gasteiger partial charge in [-0.2, -0.15) is 0 Å². The summed E-state index contributed by atoms with van der Waals surface area (Å²) in [5.41, 5.74) is 2.57. The summed E-state index contributed by atoms with van der Waals surface area (Å²) in [5, 5.41) is 9.50. The SMILES string of the molecule is C=CC=Nc1cc(-c2cc(C(=O)O)ncn2)cc(Cl)c1C. The molecular formula is C15H12ClN3O2. The molecule has 5 nitrogen and oxygen atoms in total. The van der Waals surface area contributed by atoms with Crippen molar-refractivity contribution in [3.8, 4) is 11.3 Å². The molecule has 0 aliphatic carbocycles. The predicted molar refractivity (Wildman–Crippen MR) is 82.5 cm³/mol. The largest absolute Gasteiger partial charge is 0.477 e. The average Bonchev–Trinajstić information content (AvgIpc) is 2.48.